The molecule has 0 saturated carbocycles. The van der Waals surface area contributed by atoms with Gasteiger partial charge in [-0.3, -0.25) is 9.59 Å². The topological polar surface area (TPSA) is 34.1 Å². The minimum Gasteiger partial charge on any atom is -0.289 e. The Labute approximate surface area is 90.1 Å². The van der Waals surface area contributed by atoms with Crippen LogP contribution in [0.3, 0.4) is 0 Å². The van der Waals surface area contributed by atoms with Crippen LogP contribution in [0.1, 0.15) is 15.9 Å². The molecule has 0 N–H and O–H groups in total. The van der Waals surface area contributed by atoms with E-state index in [2.05, 4.69) is 0 Å². The lowest BCUT2D eigenvalue weighted by atomic mass is 9.98. The molecule has 0 spiro atoms. The monoisotopic (exact) mass is 230 g/mol. The van der Waals surface area contributed by atoms with E-state index in [4.69, 9.17) is 0 Å². The lowest BCUT2D eigenvalue weighted by Crippen LogP contribution is -2.39. The zero-order chi connectivity index (χ0) is 12.3. The smallest absolute Gasteiger partial charge is 0.289 e. The van der Waals surface area contributed by atoms with Crippen molar-refractivity contribution in [3.63, 3.8) is 0 Å². The third-order valence-electron chi connectivity index (χ3n) is 2.15. The number of hydrogen-bond donors (Lipinski definition) is 0. The Bertz CT molecular complexity index is 427. The van der Waals surface area contributed by atoms with Gasteiger partial charge >= 0.3 is 5.92 Å². The van der Waals surface area contributed by atoms with Gasteiger partial charge in [0.05, 0.1) is 0 Å². The largest absolute Gasteiger partial charge is 0.369 e. The van der Waals surface area contributed by atoms with Crippen molar-refractivity contribution >= 4 is 11.6 Å². The summed E-state index contributed by atoms with van der Waals surface area (Å²) >= 11 is 0. The molecule has 0 aliphatic heterocycles. The Hall–Kier alpha value is -1.65. The number of hydrogen-bond acceptors (Lipinski definition) is 2. The van der Waals surface area contributed by atoms with Crippen LogP contribution in [-0.4, -0.2) is 24.2 Å². The SMILES string of the molecule is Cc1ccccc1C(=O)C(F)(F)C(=O)CF. The molecule has 16 heavy (non-hydrogen) atoms. The fraction of sp³-hybridized carbons (Fsp3) is 0.273. The van der Waals surface area contributed by atoms with Gasteiger partial charge in [-0.25, -0.2) is 4.39 Å². The Balaban J connectivity index is 3.12. The Kier molecular flexibility index (Phi) is 3.47. The molecule has 2 nitrogen and oxygen atoms in total. The number of carbonyl (C=O) groups excluding carboxylic acids is 2. The number of Topliss-reactive ketones (excluding diaryl/α,β-unsaturated/α-hetero) is 2. The molecule has 1 aromatic rings. The standard InChI is InChI=1S/C11H9F3O2/c1-7-4-2-3-5-8(7)10(16)11(13,14)9(15)6-12/h2-5H,6H2,1H3. The highest BCUT2D eigenvalue weighted by molar-refractivity contribution is 6.16. The average Bonchev–Trinajstić information content (AvgIpc) is 2.27. The number of aryl methyl sites for hydroxylation is 1. The normalized spacial score (nSPS) is 11.2. The zero-order valence-corrected chi connectivity index (χ0v) is 8.47. The highest BCUT2D eigenvalue weighted by atomic mass is 19.3. The first kappa shape index (κ1) is 12.4. The van der Waals surface area contributed by atoms with Gasteiger partial charge in [0.15, 0.2) is 6.67 Å². The highest BCUT2D eigenvalue weighted by Gasteiger charge is 2.47. The molecule has 0 saturated heterocycles. The highest BCUT2D eigenvalue weighted by Crippen LogP contribution is 2.23. The van der Waals surface area contributed by atoms with Crippen LogP contribution < -0.4 is 0 Å². The Morgan fingerprint density at radius 1 is 1.25 bits per heavy atom. The lowest BCUT2D eigenvalue weighted by molar-refractivity contribution is -0.137. The molecule has 0 unspecified atom stereocenters. The van der Waals surface area contributed by atoms with Crippen LogP contribution in [0.2, 0.25) is 0 Å². The molecule has 0 radical (unpaired) electrons. The minimum atomic E-state index is -4.29. The van der Waals surface area contributed by atoms with Crippen LogP contribution in [0.4, 0.5) is 13.2 Å². The van der Waals surface area contributed by atoms with E-state index in [1.807, 2.05) is 0 Å². The number of carbonyl (C=O) groups is 2. The van der Waals surface area contributed by atoms with E-state index < -0.39 is 24.2 Å². The maximum absolute atomic E-state index is 13.1. The minimum absolute atomic E-state index is 0.269. The third-order valence-corrected chi connectivity index (χ3v) is 2.15. The summed E-state index contributed by atoms with van der Waals surface area (Å²) in [5.74, 6) is -7.96. The molecule has 0 amide bonds. The first-order chi connectivity index (χ1) is 7.41. The second-order valence-corrected chi connectivity index (χ2v) is 3.28. The van der Waals surface area contributed by atoms with Crippen LogP contribution in [0.25, 0.3) is 0 Å². The molecule has 5 heteroatoms. The van der Waals surface area contributed by atoms with Crippen LogP contribution in [0.5, 0.6) is 0 Å². The van der Waals surface area contributed by atoms with Gasteiger partial charge in [0.25, 0.3) is 0 Å². The predicted octanol–water partition coefficient (Wildman–Crippen LogP) is 2.35. The van der Waals surface area contributed by atoms with Crippen LogP contribution >= 0.6 is 0 Å². The first-order valence-corrected chi connectivity index (χ1v) is 4.48. The van der Waals surface area contributed by atoms with Crippen molar-refractivity contribution < 1.29 is 22.8 Å². The maximum atomic E-state index is 13.1. The molecule has 1 rings (SSSR count). The number of rotatable bonds is 4. The fourth-order valence-electron chi connectivity index (χ4n) is 1.21. The second-order valence-electron chi connectivity index (χ2n) is 3.28. The van der Waals surface area contributed by atoms with Crippen molar-refractivity contribution in [3.8, 4) is 0 Å². The van der Waals surface area contributed by atoms with Crippen molar-refractivity contribution in [1.82, 2.24) is 0 Å². The van der Waals surface area contributed by atoms with Crippen molar-refractivity contribution in [3.05, 3.63) is 35.4 Å². The van der Waals surface area contributed by atoms with Crippen LogP contribution in [0.15, 0.2) is 24.3 Å². The quantitative estimate of drug-likeness (QED) is 0.587. The molecule has 1 aromatic carbocycles. The summed E-state index contributed by atoms with van der Waals surface area (Å²) in [5.41, 5.74) is 0.0492. The fourth-order valence-corrected chi connectivity index (χ4v) is 1.21. The summed E-state index contributed by atoms with van der Waals surface area (Å²) in [6.07, 6.45) is 0. The van der Waals surface area contributed by atoms with Gasteiger partial charge in [0.1, 0.15) is 0 Å². The number of ketones is 2. The number of halogens is 3. The molecule has 0 aliphatic rings. The summed E-state index contributed by atoms with van der Waals surface area (Å²) in [7, 11) is 0. The van der Waals surface area contributed by atoms with Gasteiger partial charge < -0.3 is 0 Å². The van der Waals surface area contributed by atoms with Gasteiger partial charge in [0, 0.05) is 5.56 Å². The maximum Gasteiger partial charge on any atom is 0.369 e. The van der Waals surface area contributed by atoms with Gasteiger partial charge in [-0.2, -0.15) is 8.78 Å². The zero-order valence-electron chi connectivity index (χ0n) is 8.47. The van der Waals surface area contributed by atoms with E-state index in [9.17, 15) is 22.8 Å². The van der Waals surface area contributed by atoms with E-state index in [-0.39, 0.29) is 5.56 Å². The third kappa shape index (κ3) is 2.13. The number of benzene rings is 1. The molecule has 0 fully saturated rings. The van der Waals surface area contributed by atoms with Crippen molar-refractivity contribution in [2.45, 2.75) is 12.8 Å². The molecule has 86 valence electrons. The van der Waals surface area contributed by atoms with E-state index >= 15 is 0 Å². The van der Waals surface area contributed by atoms with Crippen LogP contribution in [-0.2, 0) is 4.79 Å². The molecular formula is C11H9F3O2. The molecular weight excluding hydrogens is 221 g/mol. The van der Waals surface area contributed by atoms with Gasteiger partial charge in [-0.05, 0) is 12.5 Å². The summed E-state index contributed by atoms with van der Waals surface area (Å²) in [4.78, 5) is 22.0. The van der Waals surface area contributed by atoms with Gasteiger partial charge in [-0.1, -0.05) is 24.3 Å². The van der Waals surface area contributed by atoms with Crippen LogP contribution in [0, 0.1) is 6.92 Å². The Morgan fingerprint density at radius 3 is 2.31 bits per heavy atom. The second kappa shape index (κ2) is 4.47. The van der Waals surface area contributed by atoms with Gasteiger partial charge in [-0.15, -0.1) is 0 Å². The summed E-state index contributed by atoms with van der Waals surface area (Å²) in [6, 6.07) is 5.61. The summed E-state index contributed by atoms with van der Waals surface area (Å²) < 4.78 is 38.2. The van der Waals surface area contributed by atoms with E-state index in [1.165, 1.54) is 25.1 Å². The van der Waals surface area contributed by atoms with E-state index in [0.29, 0.717) is 5.56 Å². The van der Waals surface area contributed by atoms with Crippen molar-refractivity contribution in [2.75, 3.05) is 6.67 Å². The first-order valence-electron chi connectivity index (χ1n) is 4.48. The van der Waals surface area contributed by atoms with Crippen molar-refractivity contribution in [2.24, 2.45) is 0 Å². The van der Waals surface area contributed by atoms with Crippen molar-refractivity contribution in [1.29, 1.82) is 0 Å². The lowest BCUT2D eigenvalue weighted by Gasteiger charge is -2.13. The average molecular weight is 230 g/mol. The van der Waals surface area contributed by atoms with E-state index in [0.717, 1.165) is 0 Å². The molecule has 0 atom stereocenters. The van der Waals surface area contributed by atoms with Gasteiger partial charge in [0.2, 0.25) is 11.6 Å². The number of alkyl halides is 3. The Morgan fingerprint density at radius 2 is 1.81 bits per heavy atom. The summed E-state index contributed by atoms with van der Waals surface area (Å²) in [6.45, 7) is -0.395. The predicted molar refractivity (Wildman–Crippen MR) is 51.4 cm³/mol. The molecule has 0 bridgehead atoms. The molecule has 0 heterocycles. The molecule has 0 aromatic heterocycles. The molecule has 0 aliphatic carbocycles. The van der Waals surface area contributed by atoms with E-state index in [1.54, 1.807) is 6.07 Å². The summed E-state index contributed by atoms with van der Waals surface area (Å²) in [5, 5.41) is 0.